The van der Waals surface area contributed by atoms with Crippen molar-refractivity contribution in [2.24, 2.45) is 0 Å². The van der Waals surface area contributed by atoms with E-state index in [2.05, 4.69) is 50.4 Å². The standard InChI is InChI=1S/C18H23N5O/c1-24-11-10-19-12-14-6-8-15(9-7-14)13-20-23-18-21-16-4-2-3-5-17(16)22-18/h2-9,19-20H,10-13H2,1H3,(H2,21,22,23). The van der Waals surface area contributed by atoms with Crippen LogP contribution in [0.2, 0.25) is 0 Å². The van der Waals surface area contributed by atoms with Gasteiger partial charge in [0.05, 0.1) is 17.6 Å². The highest BCUT2D eigenvalue weighted by Crippen LogP contribution is 2.12. The van der Waals surface area contributed by atoms with Gasteiger partial charge in [0.25, 0.3) is 0 Å². The molecule has 0 unspecified atom stereocenters. The number of nitrogens with zero attached hydrogens (tertiary/aromatic N) is 1. The molecule has 0 amide bonds. The van der Waals surface area contributed by atoms with Gasteiger partial charge in [-0.25, -0.2) is 10.4 Å². The Morgan fingerprint density at radius 3 is 2.50 bits per heavy atom. The molecule has 0 radical (unpaired) electrons. The molecule has 3 aromatic rings. The van der Waals surface area contributed by atoms with Gasteiger partial charge in [0.2, 0.25) is 5.95 Å². The minimum absolute atomic E-state index is 0.717. The number of H-pyrrole nitrogens is 1. The Balaban J connectivity index is 1.44. The summed E-state index contributed by atoms with van der Waals surface area (Å²) in [6.07, 6.45) is 0. The van der Waals surface area contributed by atoms with Crippen LogP contribution >= 0.6 is 0 Å². The van der Waals surface area contributed by atoms with Crippen molar-refractivity contribution in [1.29, 1.82) is 0 Å². The van der Waals surface area contributed by atoms with Crippen molar-refractivity contribution >= 4 is 17.0 Å². The zero-order valence-corrected chi connectivity index (χ0v) is 13.8. The summed E-state index contributed by atoms with van der Waals surface area (Å²) < 4.78 is 5.01. The van der Waals surface area contributed by atoms with Gasteiger partial charge in [0.1, 0.15) is 0 Å². The molecule has 0 aliphatic heterocycles. The molecule has 1 heterocycles. The summed E-state index contributed by atoms with van der Waals surface area (Å²) in [7, 11) is 1.71. The van der Waals surface area contributed by atoms with Crippen LogP contribution in [0.3, 0.4) is 0 Å². The lowest BCUT2D eigenvalue weighted by molar-refractivity contribution is 0.199. The van der Waals surface area contributed by atoms with E-state index in [1.807, 2.05) is 24.3 Å². The number of hydrogen-bond donors (Lipinski definition) is 4. The lowest BCUT2D eigenvalue weighted by Crippen LogP contribution is -2.21. The second-order valence-electron chi connectivity index (χ2n) is 5.57. The van der Waals surface area contributed by atoms with Crippen LogP contribution in [-0.4, -0.2) is 30.2 Å². The second-order valence-corrected chi connectivity index (χ2v) is 5.57. The molecule has 0 aliphatic rings. The van der Waals surface area contributed by atoms with Gasteiger partial charge in [0, 0.05) is 26.7 Å². The maximum atomic E-state index is 5.01. The number of ether oxygens (including phenoxy) is 1. The molecule has 4 N–H and O–H groups in total. The van der Waals surface area contributed by atoms with E-state index in [-0.39, 0.29) is 0 Å². The van der Waals surface area contributed by atoms with Gasteiger partial charge >= 0.3 is 0 Å². The highest BCUT2D eigenvalue weighted by atomic mass is 16.5. The van der Waals surface area contributed by atoms with Crippen LogP contribution < -0.4 is 16.2 Å². The molecule has 2 aromatic carbocycles. The fourth-order valence-electron chi connectivity index (χ4n) is 2.42. The third-order valence-electron chi connectivity index (χ3n) is 3.72. The maximum absolute atomic E-state index is 5.01. The minimum Gasteiger partial charge on any atom is -0.383 e. The number of hydrazine groups is 1. The molecule has 126 valence electrons. The lowest BCUT2D eigenvalue weighted by Gasteiger charge is -2.07. The molecule has 1 aromatic heterocycles. The number of aromatic nitrogens is 2. The van der Waals surface area contributed by atoms with Crippen molar-refractivity contribution in [2.75, 3.05) is 25.7 Å². The van der Waals surface area contributed by atoms with E-state index in [0.717, 1.165) is 36.7 Å². The second kappa shape index (κ2) is 8.44. The van der Waals surface area contributed by atoms with E-state index in [1.54, 1.807) is 7.11 Å². The molecular formula is C18H23N5O. The molecule has 24 heavy (non-hydrogen) atoms. The molecule has 0 spiro atoms. The van der Waals surface area contributed by atoms with Crippen LogP contribution in [0.5, 0.6) is 0 Å². The summed E-state index contributed by atoms with van der Waals surface area (Å²) >= 11 is 0. The van der Waals surface area contributed by atoms with Gasteiger partial charge in [-0.1, -0.05) is 36.4 Å². The fourth-order valence-corrected chi connectivity index (χ4v) is 2.42. The summed E-state index contributed by atoms with van der Waals surface area (Å²) in [5.41, 5.74) is 10.7. The topological polar surface area (TPSA) is 74.0 Å². The third kappa shape index (κ3) is 4.55. The summed E-state index contributed by atoms with van der Waals surface area (Å²) in [5.74, 6) is 0.718. The minimum atomic E-state index is 0.717. The molecule has 6 nitrogen and oxygen atoms in total. The van der Waals surface area contributed by atoms with E-state index in [1.165, 1.54) is 11.1 Å². The van der Waals surface area contributed by atoms with Crippen molar-refractivity contribution in [3.63, 3.8) is 0 Å². The first-order chi connectivity index (χ1) is 11.8. The highest BCUT2D eigenvalue weighted by molar-refractivity contribution is 5.77. The van der Waals surface area contributed by atoms with Crippen LogP contribution in [0.1, 0.15) is 11.1 Å². The number of methoxy groups -OCH3 is 1. The molecule has 0 bridgehead atoms. The zero-order chi connectivity index (χ0) is 16.6. The summed E-state index contributed by atoms with van der Waals surface area (Å²) in [6.45, 7) is 3.17. The molecule has 3 rings (SSSR count). The molecule has 0 saturated carbocycles. The number of aromatic amines is 1. The smallest absolute Gasteiger partial charge is 0.215 e. The van der Waals surface area contributed by atoms with Crippen LogP contribution in [0.4, 0.5) is 5.95 Å². The average molecular weight is 325 g/mol. The maximum Gasteiger partial charge on any atom is 0.215 e. The zero-order valence-electron chi connectivity index (χ0n) is 13.8. The Hall–Kier alpha value is -2.41. The van der Waals surface area contributed by atoms with Gasteiger partial charge in [-0.15, -0.1) is 0 Å². The summed E-state index contributed by atoms with van der Waals surface area (Å²) in [4.78, 5) is 7.68. The van der Waals surface area contributed by atoms with Crippen molar-refractivity contribution < 1.29 is 4.74 Å². The first-order valence-corrected chi connectivity index (χ1v) is 8.06. The largest absolute Gasteiger partial charge is 0.383 e. The SMILES string of the molecule is COCCNCc1ccc(CNNc2nc3ccccc3[nH]2)cc1. The number of hydrogen-bond acceptors (Lipinski definition) is 5. The third-order valence-corrected chi connectivity index (χ3v) is 3.72. The Bertz CT molecular complexity index is 720. The van der Waals surface area contributed by atoms with Crippen molar-refractivity contribution in [1.82, 2.24) is 20.7 Å². The quantitative estimate of drug-likeness (QED) is 0.359. The van der Waals surface area contributed by atoms with Gasteiger partial charge in [-0.2, -0.15) is 0 Å². The monoisotopic (exact) mass is 325 g/mol. The molecule has 6 heteroatoms. The Morgan fingerprint density at radius 2 is 1.75 bits per heavy atom. The Kier molecular flexibility index (Phi) is 5.79. The predicted molar refractivity (Wildman–Crippen MR) is 96.6 cm³/mol. The molecule has 0 fully saturated rings. The lowest BCUT2D eigenvalue weighted by atomic mass is 10.1. The van der Waals surface area contributed by atoms with Crippen molar-refractivity contribution in [3.05, 3.63) is 59.7 Å². The molecule has 0 saturated heterocycles. The number of nitrogens with one attached hydrogen (secondary N) is 4. The first-order valence-electron chi connectivity index (χ1n) is 8.06. The van der Waals surface area contributed by atoms with Crippen molar-refractivity contribution in [3.8, 4) is 0 Å². The normalized spacial score (nSPS) is 11.0. The number of fused-ring (bicyclic) bond motifs is 1. The number of rotatable bonds is 9. The molecule has 0 aliphatic carbocycles. The Labute approximate surface area is 141 Å². The number of imidazole rings is 1. The van der Waals surface area contributed by atoms with E-state index in [4.69, 9.17) is 4.74 Å². The molecule has 0 atom stereocenters. The van der Waals surface area contributed by atoms with Crippen molar-refractivity contribution in [2.45, 2.75) is 13.1 Å². The number of para-hydroxylation sites is 2. The summed E-state index contributed by atoms with van der Waals surface area (Å²) in [6, 6.07) is 16.5. The molecular weight excluding hydrogens is 302 g/mol. The Morgan fingerprint density at radius 1 is 1.00 bits per heavy atom. The van der Waals surface area contributed by atoms with Gasteiger partial charge in [-0.3, -0.25) is 5.43 Å². The van der Waals surface area contributed by atoms with Crippen LogP contribution in [0.25, 0.3) is 11.0 Å². The first kappa shape index (κ1) is 16.4. The predicted octanol–water partition coefficient (Wildman–Crippen LogP) is 2.42. The van der Waals surface area contributed by atoms with Gasteiger partial charge in [-0.05, 0) is 23.3 Å². The van der Waals surface area contributed by atoms with E-state index in [9.17, 15) is 0 Å². The fraction of sp³-hybridized carbons (Fsp3) is 0.278. The van der Waals surface area contributed by atoms with Crippen LogP contribution in [0.15, 0.2) is 48.5 Å². The van der Waals surface area contributed by atoms with Crippen LogP contribution in [0, 0.1) is 0 Å². The van der Waals surface area contributed by atoms with E-state index < -0.39 is 0 Å². The number of anilines is 1. The van der Waals surface area contributed by atoms with E-state index >= 15 is 0 Å². The van der Waals surface area contributed by atoms with E-state index in [0.29, 0.717) is 6.54 Å². The summed E-state index contributed by atoms with van der Waals surface area (Å²) in [5, 5.41) is 3.33. The highest BCUT2D eigenvalue weighted by Gasteiger charge is 2.00. The van der Waals surface area contributed by atoms with Gasteiger partial charge in [0.15, 0.2) is 0 Å². The average Bonchev–Trinajstić information content (AvgIpc) is 3.03. The van der Waals surface area contributed by atoms with Gasteiger partial charge < -0.3 is 15.0 Å². The van der Waals surface area contributed by atoms with Crippen LogP contribution in [-0.2, 0) is 17.8 Å². The number of benzene rings is 2.